The van der Waals surface area contributed by atoms with Crippen LogP contribution in [0, 0.1) is 0 Å². The molecule has 1 heterocycles. The molecule has 0 fully saturated rings. The number of fused-ring (bicyclic) bond motifs is 1. The Labute approximate surface area is 131 Å². The van der Waals surface area contributed by atoms with E-state index in [0.29, 0.717) is 17.5 Å². The van der Waals surface area contributed by atoms with E-state index in [1.165, 1.54) is 31.4 Å². The van der Waals surface area contributed by atoms with Crippen LogP contribution in [0.3, 0.4) is 0 Å². The number of phenols is 5. The van der Waals surface area contributed by atoms with Crippen LogP contribution in [0.2, 0.25) is 0 Å². The number of rotatable bonds is 2. The molecule has 0 radical (unpaired) electrons. The van der Waals surface area contributed by atoms with Gasteiger partial charge in [-0.15, -0.1) is 0 Å². The van der Waals surface area contributed by atoms with Crippen molar-refractivity contribution in [3.63, 3.8) is 0 Å². The molecule has 0 saturated heterocycles. The van der Waals surface area contributed by atoms with Gasteiger partial charge >= 0.3 is 0 Å². The molecule has 2 atom stereocenters. The lowest BCUT2D eigenvalue weighted by molar-refractivity contribution is -0.0123. The number of methoxy groups -OCH3 is 1. The van der Waals surface area contributed by atoms with Gasteiger partial charge in [0, 0.05) is 36.8 Å². The minimum atomic E-state index is -0.703. The second-order valence-corrected chi connectivity index (χ2v) is 5.37. The number of hydrogen-bond acceptors (Lipinski definition) is 7. The van der Waals surface area contributed by atoms with Gasteiger partial charge in [0.1, 0.15) is 23.4 Å². The van der Waals surface area contributed by atoms with Gasteiger partial charge in [0.15, 0.2) is 23.4 Å². The Morgan fingerprint density at radius 2 is 1.61 bits per heavy atom. The van der Waals surface area contributed by atoms with Crippen molar-refractivity contribution in [1.29, 1.82) is 0 Å². The molecule has 0 bridgehead atoms. The Morgan fingerprint density at radius 1 is 0.957 bits per heavy atom. The van der Waals surface area contributed by atoms with E-state index in [-0.39, 0.29) is 17.2 Å². The molecular weight excluding hydrogens is 304 g/mol. The van der Waals surface area contributed by atoms with Crippen molar-refractivity contribution in [2.24, 2.45) is 0 Å². The van der Waals surface area contributed by atoms with Crippen molar-refractivity contribution in [3.8, 4) is 34.5 Å². The lowest BCUT2D eigenvalue weighted by atomic mass is 9.93. The molecular formula is C16H16O7. The Morgan fingerprint density at radius 3 is 2.22 bits per heavy atom. The van der Waals surface area contributed by atoms with Gasteiger partial charge in [-0.25, -0.2) is 0 Å². The summed E-state index contributed by atoms with van der Waals surface area (Å²) in [5.41, 5.74) is 0.885. The topological polar surface area (TPSA) is 120 Å². The predicted molar refractivity (Wildman–Crippen MR) is 79.1 cm³/mol. The zero-order valence-electron chi connectivity index (χ0n) is 12.2. The molecule has 3 rings (SSSR count). The highest BCUT2D eigenvalue weighted by Gasteiger charge is 2.34. The molecule has 0 spiro atoms. The van der Waals surface area contributed by atoms with Gasteiger partial charge in [-0.05, 0) is 12.1 Å². The summed E-state index contributed by atoms with van der Waals surface area (Å²) in [6.45, 7) is 0. The van der Waals surface area contributed by atoms with Gasteiger partial charge in [0.25, 0.3) is 0 Å². The molecule has 1 aliphatic rings. The van der Waals surface area contributed by atoms with E-state index in [2.05, 4.69) is 0 Å². The van der Waals surface area contributed by atoms with Crippen molar-refractivity contribution in [2.45, 2.75) is 18.6 Å². The van der Waals surface area contributed by atoms with Crippen LogP contribution in [0.15, 0.2) is 24.3 Å². The fraction of sp³-hybridized carbons (Fsp3) is 0.250. The Kier molecular flexibility index (Phi) is 3.57. The molecule has 0 amide bonds. The summed E-state index contributed by atoms with van der Waals surface area (Å²) < 4.78 is 11.2. The van der Waals surface area contributed by atoms with Gasteiger partial charge in [-0.3, -0.25) is 0 Å². The molecule has 7 heteroatoms. The Balaban J connectivity index is 2.05. The van der Waals surface area contributed by atoms with Crippen molar-refractivity contribution >= 4 is 0 Å². The SMILES string of the molecule is COC1Cc2c(O)cc(O)cc2O[C@@H]1c1cc(O)c(O)c(O)c1. The molecule has 0 aromatic heterocycles. The van der Waals surface area contributed by atoms with Crippen LogP contribution in [0.5, 0.6) is 34.5 Å². The number of ether oxygens (including phenoxy) is 2. The third-order valence-corrected chi connectivity index (χ3v) is 3.89. The zero-order chi connectivity index (χ0) is 16.7. The summed E-state index contributed by atoms with van der Waals surface area (Å²) in [6.07, 6.45) is -0.891. The van der Waals surface area contributed by atoms with E-state index in [4.69, 9.17) is 9.47 Å². The molecule has 2 aromatic carbocycles. The lowest BCUT2D eigenvalue weighted by Gasteiger charge is -2.33. The molecule has 1 aliphatic heterocycles. The summed E-state index contributed by atoms with van der Waals surface area (Å²) in [6, 6.07) is 5.11. The predicted octanol–water partition coefficient (Wildman–Crippen LogP) is 1.91. The molecule has 23 heavy (non-hydrogen) atoms. The molecule has 0 saturated carbocycles. The highest BCUT2D eigenvalue weighted by Crippen LogP contribution is 2.45. The maximum atomic E-state index is 9.92. The van der Waals surface area contributed by atoms with Crippen LogP contribution in [0.4, 0.5) is 0 Å². The zero-order valence-corrected chi connectivity index (χ0v) is 12.2. The van der Waals surface area contributed by atoms with E-state index in [9.17, 15) is 25.5 Å². The summed E-state index contributed by atoms with van der Waals surface area (Å²) in [5.74, 6) is -1.54. The maximum Gasteiger partial charge on any atom is 0.200 e. The quantitative estimate of drug-likeness (QED) is 0.536. The number of benzene rings is 2. The fourth-order valence-electron chi connectivity index (χ4n) is 2.73. The van der Waals surface area contributed by atoms with E-state index in [0.717, 1.165) is 0 Å². The first-order valence-electron chi connectivity index (χ1n) is 6.90. The van der Waals surface area contributed by atoms with E-state index >= 15 is 0 Å². The van der Waals surface area contributed by atoms with Gasteiger partial charge < -0.3 is 35.0 Å². The molecule has 2 aromatic rings. The van der Waals surface area contributed by atoms with Crippen LogP contribution in [0.25, 0.3) is 0 Å². The normalized spacial score (nSPS) is 19.9. The molecule has 122 valence electrons. The van der Waals surface area contributed by atoms with Crippen molar-refractivity contribution in [1.82, 2.24) is 0 Å². The first-order chi connectivity index (χ1) is 10.9. The fourth-order valence-corrected chi connectivity index (χ4v) is 2.73. The van der Waals surface area contributed by atoms with Crippen LogP contribution in [-0.4, -0.2) is 38.7 Å². The second-order valence-electron chi connectivity index (χ2n) is 5.37. The van der Waals surface area contributed by atoms with Gasteiger partial charge in [0.05, 0.1) is 0 Å². The molecule has 7 nitrogen and oxygen atoms in total. The molecule has 0 aliphatic carbocycles. The summed E-state index contributed by atoms with van der Waals surface area (Å²) >= 11 is 0. The summed E-state index contributed by atoms with van der Waals surface area (Å²) in [4.78, 5) is 0. The van der Waals surface area contributed by atoms with E-state index < -0.39 is 29.5 Å². The van der Waals surface area contributed by atoms with Crippen LogP contribution in [0.1, 0.15) is 17.2 Å². The second kappa shape index (κ2) is 5.44. The summed E-state index contributed by atoms with van der Waals surface area (Å²) in [7, 11) is 1.48. The van der Waals surface area contributed by atoms with Gasteiger partial charge in [0.2, 0.25) is 0 Å². The minimum absolute atomic E-state index is 0.100. The minimum Gasteiger partial charge on any atom is -0.508 e. The van der Waals surface area contributed by atoms with Crippen LogP contribution < -0.4 is 4.74 Å². The van der Waals surface area contributed by atoms with Crippen molar-refractivity contribution < 1.29 is 35.0 Å². The van der Waals surface area contributed by atoms with Crippen molar-refractivity contribution in [3.05, 3.63) is 35.4 Å². The third kappa shape index (κ3) is 2.55. The molecule has 5 N–H and O–H groups in total. The summed E-state index contributed by atoms with van der Waals surface area (Å²) in [5, 5.41) is 48.3. The standard InChI is InChI=1S/C16H16O7/c1-22-14-6-9-10(18)4-8(17)5-13(9)23-16(14)7-2-11(19)15(21)12(20)3-7/h2-5,14,16-21H,6H2,1H3/t14?,16-/m1/s1. The smallest absolute Gasteiger partial charge is 0.200 e. The highest BCUT2D eigenvalue weighted by molar-refractivity contribution is 5.54. The van der Waals surface area contributed by atoms with Crippen LogP contribution in [-0.2, 0) is 11.2 Å². The number of hydrogen-bond donors (Lipinski definition) is 5. The molecule has 1 unspecified atom stereocenters. The average Bonchev–Trinajstić information content (AvgIpc) is 2.50. The number of phenolic OH excluding ortho intramolecular Hbond substituents is 5. The lowest BCUT2D eigenvalue weighted by Crippen LogP contribution is -2.32. The average molecular weight is 320 g/mol. The first-order valence-corrected chi connectivity index (χ1v) is 6.90. The number of aromatic hydroxyl groups is 5. The third-order valence-electron chi connectivity index (χ3n) is 3.89. The van der Waals surface area contributed by atoms with Crippen LogP contribution >= 0.6 is 0 Å². The van der Waals surface area contributed by atoms with E-state index in [1.807, 2.05) is 0 Å². The largest absolute Gasteiger partial charge is 0.508 e. The Hall–Kier alpha value is -2.80. The highest BCUT2D eigenvalue weighted by atomic mass is 16.5. The maximum absolute atomic E-state index is 9.92. The first kappa shape index (κ1) is 15.1. The van der Waals surface area contributed by atoms with Gasteiger partial charge in [-0.2, -0.15) is 0 Å². The Bertz CT molecular complexity index is 733. The van der Waals surface area contributed by atoms with Gasteiger partial charge in [-0.1, -0.05) is 0 Å². The monoisotopic (exact) mass is 320 g/mol. The van der Waals surface area contributed by atoms with E-state index in [1.54, 1.807) is 0 Å². The van der Waals surface area contributed by atoms with Crippen molar-refractivity contribution in [2.75, 3.05) is 7.11 Å².